The summed E-state index contributed by atoms with van der Waals surface area (Å²) in [5.41, 5.74) is 3.91. The zero-order valence-electron chi connectivity index (χ0n) is 17.6. The van der Waals surface area contributed by atoms with Crippen molar-refractivity contribution in [3.05, 3.63) is 95.1 Å². The van der Waals surface area contributed by atoms with E-state index in [9.17, 15) is 14.4 Å². The molecule has 0 aromatic heterocycles. The Morgan fingerprint density at radius 1 is 0.774 bits per heavy atom. The molecule has 0 saturated carbocycles. The third-order valence-corrected chi connectivity index (χ3v) is 4.47. The molecule has 0 aliphatic rings. The molecule has 6 heteroatoms. The fraction of sp³-hybridized carbons (Fsp3) is 0.160. The Hall–Kier alpha value is -3.93. The molecular weight excluding hydrogens is 392 g/mol. The summed E-state index contributed by atoms with van der Waals surface area (Å²) >= 11 is 0. The van der Waals surface area contributed by atoms with E-state index < -0.39 is 18.0 Å². The second-order valence-electron chi connectivity index (χ2n) is 7.32. The van der Waals surface area contributed by atoms with Crippen molar-refractivity contribution in [2.24, 2.45) is 0 Å². The highest BCUT2D eigenvalue weighted by molar-refractivity contribution is 5.99. The first-order valence-corrected chi connectivity index (χ1v) is 9.84. The molecule has 3 aromatic rings. The molecule has 0 fully saturated rings. The first-order valence-electron chi connectivity index (χ1n) is 9.84. The van der Waals surface area contributed by atoms with Crippen LogP contribution in [0.15, 0.2) is 72.8 Å². The summed E-state index contributed by atoms with van der Waals surface area (Å²) in [5.74, 6) is -1.38. The number of esters is 1. The SMILES string of the molecule is CC(=O)Nc1cccc(C(=O)OC(C(=O)Nc2cc(C)cc(C)c2)c2ccccc2)c1. The van der Waals surface area contributed by atoms with Gasteiger partial charge in [-0.1, -0.05) is 42.5 Å². The van der Waals surface area contributed by atoms with Crippen LogP contribution in [0.4, 0.5) is 11.4 Å². The summed E-state index contributed by atoms with van der Waals surface area (Å²) in [5, 5.41) is 5.47. The molecular formula is C25H24N2O4. The molecule has 6 nitrogen and oxygen atoms in total. The number of ether oxygens (including phenoxy) is 1. The molecule has 158 valence electrons. The molecule has 0 bridgehead atoms. The van der Waals surface area contributed by atoms with Crippen LogP contribution in [0.5, 0.6) is 0 Å². The van der Waals surface area contributed by atoms with Crippen molar-refractivity contribution < 1.29 is 19.1 Å². The predicted molar refractivity (Wildman–Crippen MR) is 120 cm³/mol. The fourth-order valence-electron chi connectivity index (χ4n) is 3.26. The van der Waals surface area contributed by atoms with Gasteiger partial charge in [0.05, 0.1) is 5.56 Å². The number of hydrogen-bond acceptors (Lipinski definition) is 4. The molecule has 3 aromatic carbocycles. The lowest BCUT2D eigenvalue weighted by atomic mass is 10.1. The van der Waals surface area contributed by atoms with Crippen molar-refractivity contribution >= 4 is 29.2 Å². The van der Waals surface area contributed by atoms with Crippen molar-refractivity contribution in [3.63, 3.8) is 0 Å². The lowest BCUT2D eigenvalue weighted by Gasteiger charge is -2.19. The summed E-state index contributed by atoms with van der Waals surface area (Å²) in [4.78, 5) is 37.2. The number of amides is 2. The van der Waals surface area contributed by atoms with E-state index in [-0.39, 0.29) is 11.5 Å². The standard InChI is InChI=1S/C25H24N2O4/c1-16-12-17(2)14-22(13-16)27-24(29)23(19-8-5-4-6-9-19)31-25(30)20-10-7-11-21(15-20)26-18(3)28/h4-15,23H,1-3H3,(H,26,28)(H,27,29). The molecule has 0 aliphatic heterocycles. The minimum absolute atomic E-state index is 0.228. The van der Waals surface area contributed by atoms with Crippen molar-refractivity contribution in [2.75, 3.05) is 10.6 Å². The molecule has 2 amide bonds. The Morgan fingerprint density at radius 3 is 2.10 bits per heavy atom. The zero-order chi connectivity index (χ0) is 22.4. The van der Waals surface area contributed by atoms with Gasteiger partial charge in [-0.3, -0.25) is 9.59 Å². The molecule has 0 radical (unpaired) electrons. The van der Waals surface area contributed by atoms with Crippen LogP contribution in [0.1, 0.15) is 40.1 Å². The van der Waals surface area contributed by atoms with E-state index in [2.05, 4.69) is 10.6 Å². The smallest absolute Gasteiger partial charge is 0.339 e. The Bertz CT molecular complexity index is 1090. The van der Waals surface area contributed by atoms with E-state index in [4.69, 9.17) is 4.74 Å². The molecule has 0 aliphatic carbocycles. The number of anilines is 2. The topological polar surface area (TPSA) is 84.5 Å². The van der Waals surface area contributed by atoms with Gasteiger partial charge in [0.1, 0.15) is 0 Å². The molecule has 2 N–H and O–H groups in total. The van der Waals surface area contributed by atoms with Crippen LogP contribution in [-0.2, 0) is 14.3 Å². The number of carbonyl (C=O) groups is 3. The molecule has 31 heavy (non-hydrogen) atoms. The molecule has 0 heterocycles. The minimum atomic E-state index is -1.14. The van der Waals surface area contributed by atoms with Gasteiger partial charge in [0.2, 0.25) is 12.0 Å². The Morgan fingerprint density at radius 2 is 1.45 bits per heavy atom. The second kappa shape index (κ2) is 9.71. The van der Waals surface area contributed by atoms with Crippen LogP contribution >= 0.6 is 0 Å². The highest BCUT2D eigenvalue weighted by atomic mass is 16.5. The number of benzene rings is 3. The van der Waals surface area contributed by atoms with E-state index in [1.165, 1.54) is 13.0 Å². The number of hydrogen-bond donors (Lipinski definition) is 2. The van der Waals surface area contributed by atoms with Crippen molar-refractivity contribution in [1.29, 1.82) is 0 Å². The number of aryl methyl sites for hydroxylation is 2. The van der Waals surface area contributed by atoms with Crippen LogP contribution in [-0.4, -0.2) is 17.8 Å². The largest absolute Gasteiger partial charge is 0.444 e. The summed E-state index contributed by atoms with van der Waals surface area (Å²) in [6.45, 7) is 5.27. The highest BCUT2D eigenvalue weighted by Gasteiger charge is 2.26. The van der Waals surface area contributed by atoms with Gasteiger partial charge in [-0.25, -0.2) is 4.79 Å². The van der Waals surface area contributed by atoms with Gasteiger partial charge < -0.3 is 15.4 Å². The number of carbonyl (C=O) groups excluding carboxylic acids is 3. The van der Waals surface area contributed by atoms with Crippen molar-refractivity contribution in [1.82, 2.24) is 0 Å². The van der Waals surface area contributed by atoms with Crippen LogP contribution in [0, 0.1) is 13.8 Å². The van der Waals surface area contributed by atoms with E-state index in [0.717, 1.165) is 11.1 Å². The normalized spacial score (nSPS) is 11.3. The summed E-state index contributed by atoms with van der Waals surface area (Å²) in [6.07, 6.45) is -1.14. The van der Waals surface area contributed by atoms with Gasteiger partial charge in [0, 0.05) is 23.9 Å². The Balaban J connectivity index is 1.85. The summed E-state index contributed by atoms with van der Waals surface area (Å²) in [6, 6.07) is 20.9. The van der Waals surface area contributed by atoms with Gasteiger partial charge >= 0.3 is 5.97 Å². The van der Waals surface area contributed by atoms with Crippen molar-refractivity contribution in [3.8, 4) is 0 Å². The van der Waals surface area contributed by atoms with E-state index in [1.807, 2.05) is 38.1 Å². The highest BCUT2D eigenvalue weighted by Crippen LogP contribution is 2.23. The van der Waals surface area contributed by atoms with Gasteiger partial charge in [-0.15, -0.1) is 0 Å². The van der Waals surface area contributed by atoms with Gasteiger partial charge in [-0.05, 0) is 55.3 Å². The maximum Gasteiger partial charge on any atom is 0.339 e. The predicted octanol–water partition coefficient (Wildman–Crippen LogP) is 4.80. The molecule has 1 unspecified atom stereocenters. The van der Waals surface area contributed by atoms with Gasteiger partial charge in [0.25, 0.3) is 5.91 Å². The van der Waals surface area contributed by atoms with E-state index >= 15 is 0 Å². The fourth-order valence-corrected chi connectivity index (χ4v) is 3.26. The van der Waals surface area contributed by atoms with Gasteiger partial charge in [0.15, 0.2) is 0 Å². The maximum absolute atomic E-state index is 13.1. The maximum atomic E-state index is 13.1. The molecule has 0 saturated heterocycles. The van der Waals surface area contributed by atoms with Crippen LogP contribution in [0.25, 0.3) is 0 Å². The second-order valence-corrected chi connectivity index (χ2v) is 7.32. The third kappa shape index (κ3) is 6.02. The minimum Gasteiger partial charge on any atom is -0.444 e. The van der Waals surface area contributed by atoms with E-state index in [1.54, 1.807) is 42.5 Å². The number of rotatable bonds is 6. The molecule has 3 rings (SSSR count). The average Bonchev–Trinajstić information content (AvgIpc) is 2.71. The molecule has 1 atom stereocenters. The monoisotopic (exact) mass is 416 g/mol. The Kier molecular flexibility index (Phi) is 6.82. The summed E-state index contributed by atoms with van der Waals surface area (Å²) in [7, 11) is 0. The average molecular weight is 416 g/mol. The third-order valence-electron chi connectivity index (χ3n) is 4.47. The first-order chi connectivity index (χ1) is 14.8. The van der Waals surface area contributed by atoms with Crippen LogP contribution in [0.2, 0.25) is 0 Å². The summed E-state index contributed by atoms with van der Waals surface area (Å²) < 4.78 is 5.61. The lowest BCUT2D eigenvalue weighted by Crippen LogP contribution is -2.26. The van der Waals surface area contributed by atoms with Crippen molar-refractivity contribution in [2.45, 2.75) is 26.9 Å². The van der Waals surface area contributed by atoms with Crippen LogP contribution in [0.3, 0.4) is 0 Å². The Labute approximate surface area is 181 Å². The number of nitrogens with one attached hydrogen (secondary N) is 2. The molecule has 0 spiro atoms. The van der Waals surface area contributed by atoms with E-state index in [0.29, 0.717) is 16.9 Å². The van der Waals surface area contributed by atoms with Gasteiger partial charge in [-0.2, -0.15) is 0 Å². The van der Waals surface area contributed by atoms with Crippen LogP contribution < -0.4 is 10.6 Å². The zero-order valence-corrected chi connectivity index (χ0v) is 17.6. The quantitative estimate of drug-likeness (QED) is 0.566. The first kappa shape index (κ1) is 21.8. The lowest BCUT2D eigenvalue weighted by molar-refractivity contribution is -0.125.